The molecule has 0 amide bonds. The monoisotopic (exact) mass is 106 g/mol. The van der Waals surface area contributed by atoms with Gasteiger partial charge in [0.1, 0.15) is 0 Å². The Morgan fingerprint density at radius 1 is 1.38 bits per heavy atom. The molecule has 0 aromatic rings. The Labute approximate surface area is 49.9 Å². The van der Waals surface area contributed by atoms with E-state index in [4.69, 9.17) is 0 Å². The standard InChI is InChI=1S/C8H10/c1-2-4-7-6-8(7)5-3-1/h1-2,6,8H,3-5H2. The summed E-state index contributed by atoms with van der Waals surface area (Å²) in [7, 11) is 0. The highest BCUT2D eigenvalue weighted by atomic mass is 14.3. The summed E-state index contributed by atoms with van der Waals surface area (Å²) < 4.78 is 0. The van der Waals surface area contributed by atoms with Crippen LogP contribution < -0.4 is 0 Å². The molecule has 2 aliphatic rings. The third kappa shape index (κ3) is 0.605. The summed E-state index contributed by atoms with van der Waals surface area (Å²) in [6.45, 7) is 0. The Morgan fingerprint density at radius 3 is 3.38 bits per heavy atom. The zero-order chi connectivity index (χ0) is 5.40. The fraction of sp³-hybridized carbons (Fsp3) is 0.500. The van der Waals surface area contributed by atoms with Gasteiger partial charge in [-0.3, -0.25) is 0 Å². The van der Waals surface area contributed by atoms with Crippen LogP contribution >= 0.6 is 0 Å². The van der Waals surface area contributed by atoms with Crippen molar-refractivity contribution < 1.29 is 0 Å². The highest BCUT2D eigenvalue weighted by Gasteiger charge is 2.22. The Bertz CT molecular complexity index is 151. The second kappa shape index (κ2) is 1.48. The van der Waals surface area contributed by atoms with Crippen LogP contribution in [-0.4, -0.2) is 0 Å². The van der Waals surface area contributed by atoms with Gasteiger partial charge in [0.15, 0.2) is 0 Å². The zero-order valence-electron chi connectivity index (χ0n) is 4.93. The van der Waals surface area contributed by atoms with Crippen molar-refractivity contribution in [2.75, 3.05) is 0 Å². The van der Waals surface area contributed by atoms with E-state index in [-0.39, 0.29) is 0 Å². The first-order valence-electron chi connectivity index (χ1n) is 3.32. The molecule has 0 fully saturated rings. The van der Waals surface area contributed by atoms with E-state index >= 15 is 0 Å². The lowest BCUT2D eigenvalue weighted by molar-refractivity contribution is 0.779. The predicted molar refractivity (Wildman–Crippen MR) is 34.6 cm³/mol. The molecule has 0 saturated carbocycles. The van der Waals surface area contributed by atoms with Crippen molar-refractivity contribution in [3.8, 4) is 0 Å². The van der Waals surface area contributed by atoms with E-state index in [2.05, 4.69) is 18.2 Å². The van der Waals surface area contributed by atoms with Gasteiger partial charge in [-0.1, -0.05) is 23.8 Å². The normalized spacial score (nSPS) is 33.0. The van der Waals surface area contributed by atoms with E-state index in [9.17, 15) is 0 Å². The number of fused-ring (bicyclic) bond motifs is 1. The lowest BCUT2D eigenvalue weighted by Gasteiger charge is -1.87. The van der Waals surface area contributed by atoms with Crippen LogP contribution in [0.1, 0.15) is 19.3 Å². The maximum atomic E-state index is 2.39. The lowest BCUT2D eigenvalue weighted by atomic mass is 10.2. The van der Waals surface area contributed by atoms with E-state index in [0.29, 0.717) is 0 Å². The third-order valence-corrected chi connectivity index (χ3v) is 1.95. The number of rotatable bonds is 0. The minimum Gasteiger partial charge on any atom is -0.0882 e. The average molecular weight is 106 g/mol. The molecule has 0 nitrogen and oxygen atoms in total. The van der Waals surface area contributed by atoms with Gasteiger partial charge in [0.05, 0.1) is 0 Å². The summed E-state index contributed by atoms with van der Waals surface area (Å²) in [5, 5.41) is 0. The SMILES string of the molecule is C1=CCC2=CC2CC1. The summed E-state index contributed by atoms with van der Waals surface area (Å²) >= 11 is 0. The maximum Gasteiger partial charge on any atom is -0.00140 e. The van der Waals surface area contributed by atoms with Gasteiger partial charge < -0.3 is 0 Å². The van der Waals surface area contributed by atoms with Crippen LogP contribution in [0.4, 0.5) is 0 Å². The highest BCUT2D eigenvalue weighted by molar-refractivity contribution is 5.32. The molecule has 0 heteroatoms. The first-order valence-corrected chi connectivity index (χ1v) is 3.32. The molecule has 8 heavy (non-hydrogen) atoms. The largest absolute Gasteiger partial charge is 0.0882 e. The fourth-order valence-corrected chi connectivity index (χ4v) is 1.31. The molecule has 0 N–H and O–H groups in total. The molecular formula is C8H10. The molecule has 0 aliphatic heterocycles. The maximum absolute atomic E-state index is 2.39. The molecule has 2 rings (SSSR count). The molecule has 0 bridgehead atoms. The summed E-state index contributed by atoms with van der Waals surface area (Å²) in [6, 6.07) is 0. The molecule has 0 aromatic carbocycles. The van der Waals surface area contributed by atoms with Crippen molar-refractivity contribution in [2.24, 2.45) is 5.92 Å². The van der Waals surface area contributed by atoms with E-state index in [0.717, 1.165) is 5.92 Å². The Kier molecular flexibility index (Phi) is 0.806. The molecule has 0 spiro atoms. The second-order valence-corrected chi connectivity index (χ2v) is 2.60. The van der Waals surface area contributed by atoms with Crippen LogP contribution in [0.2, 0.25) is 0 Å². The fourth-order valence-electron chi connectivity index (χ4n) is 1.31. The highest BCUT2D eigenvalue weighted by Crippen LogP contribution is 2.37. The van der Waals surface area contributed by atoms with Gasteiger partial charge in [0.2, 0.25) is 0 Å². The second-order valence-electron chi connectivity index (χ2n) is 2.60. The molecule has 1 atom stereocenters. The Hall–Kier alpha value is -0.520. The van der Waals surface area contributed by atoms with Crippen LogP contribution in [0.25, 0.3) is 0 Å². The predicted octanol–water partition coefficient (Wildman–Crippen LogP) is 2.28. The van der Waals surface area contributed by atoms with Crippen molar-refractivity contribution in [1.82, 2.24) is 0 Å². The molecular weight excluding hydrogens is 96.1 g/mol. The lowest BCUT2D eigenvalue weighted by Crippen LogP contribution is -1.75. The van der Waals surface area contributed by atoms with Gasteiger partial charge in [-0.25, -0.2) is 0 Å². The zero-order valence-corrected chi connectivity index (χ0v) is 4.93. The van der Waals surface area contributed by atoms with E-state index in [1.54, 1.807) is 5.57 Å². The van der Waals surface area contributed by atoms with E-state index in [1.807, 2.05) is 0 Å². The van der Waals surface area contributed by atoms with E-state index < -0.39 is 0 Å². The molecule has 0 saturated heterocycles. The minimum atomic E-state index is 0.921. The molecule has 0 radical (unpaired) electrons. The Balaban J connectivity index is 2.07. The third-order valence-electron chi connectivity index (χ3n) is 1.95. The summed E-state index contributed by atoms with van der Waals surface area (Å²) in [6.07, 6.45) is 10.9. The summed E-state index contributed by atoms with van der Waals surface area (Å²) in [4.78, 5) is 0. The van der Waals surface area contributed by atoms with Gasteiger partial charge in [0, 0.05) is 0 Å². The van der Waals surface area contributed by atoms with E-state index in [1.165, 1.54) is 19.3 Å². The Morgan fingerprint density at radius 2 is 2.38 bits per heavy atom. The topological polar surface area (TPSA) is 0 Å². The van der Waals surface area contributed by atoms with Crippen LogP contribution in [0.3, 0.4) is 0 Å². The summed E-state index contributed by atoms with van der Waals surface area (Å²) in [5.41, 5.74) is 1.68. The van der Waals surface area contributed by atoms with Crippen LogP contribution in [0.5, 0.6) is 0 Å². The van der Waals surface area contributed by atoms with Gasteiger partial charge in [0.25, 0.3) is 0 Å². The number of hydrogen-bond donors (Lipinski definition) is 0. The average Bonchev–Trinajstić information content (AvgIpc) is 2.36. The molecule has 0 aromatic heterocycles. The van der Waals surface area contributed by atoms with Crippen molar-refractivity contribution >= 4 is 0 Å². The molecule has 1 unspecified atom stereocenters. The first kappa shape index (κ1) is 4.37. The molecule has 2 aliphatic carbocycles. The van der Waals surface area contributed by atoms with Gasteiger partial charge >= 0.3 is 0 Å². The van der Waals surface area contributed by atoms with Gasteiger partial charge in [-0.05, 0) is 25.2 Å². The van der Waals surface area contributed by atoms with Gasteiger partial charge in [-0.2, -0.15) is 0 Å². The van der Waals surface area contributed by atoms with Crippen LogP contribution in [0.15, 0.2) is 23.8 Å². The number of hydrogen-bond acceptors (Lipinski definition) is 0. The quantitative estimate of drug-likeness (QED) is 0.415. The van der Waals surface area contributed by atoms with Crippen molar-refractivity contribution in [3.05, 3.63) is 23.8 Å². The minimum absolute atomic E-state index is 0.921. The molecule has 42 valence electrons. The van der Waals surface area contributed by atoms with Crippen molar-refractivity contribution in [1.29, 1.82) is 0 Å². The molecule has 0 heterocycles. The van der Waals surface area contributed by atoms with Crippen LogP contribution in [-0.2, 0) is 0 Å². The van der Waals surface area contributed by atoms with Gasteiger partial charge in [-0.15, -0.1) is 0 Å². The first-order chi connectivity index (χ1) is 3.97. The summed E-state index contributed by atoms with van der Waals surface area (Å²) in [5.74, 6) is 0.921. The van der Waals surface area contributed by atoms with Crippen molar-refractivity contribution in [3.63, 3.8) is 0 Å². The van der Waals surface area contributed by atoms with Crippen molar-refractivity contribution in [2.45, 2.75) is 19.3 Å². The number of allylic oxidation sites excluding steroid dienone is 4. The van der Waals surface area contributed by atoms with Crippen LogP contribution in [0, 0.1) is 5.92 Å². The smallest absolute Gasteiger partial charge is 0.00140 e.